The number of alkyl halides is 3. The first kappa shape index (κ1) is 18.7. The van der Waals surface area contributed by atoms with Crippen LogP contribution in [0.5, 0.6) is 0 Å². The van der Waals surface area contributed by atoms with E-state index in [-0.39, 0.29) is 23.6 Å². The molecule has 8 heteroatoms. The summed E-state index contributed by atoms with van der Waals surface area (Å²) in [7, 11) is 0. The van der Waals surface area contributed by atoms with Crippen molar-refractivity contribution in [3.8, 4) is 5.69 Å². The molecule has 2 N–H and O–H groups in total. The third-order valence-corrected chi connectivity index (χ3v) is 6.82. The van der Waals surface area contributed by atoms with Gasteiger partial charge in [-0.25, -0.2) is 4.68 Å². The van der Waals surface area contributed by atoms with Crippen LogP contribution in [0.3, 0.4) is 0 Å². The van der Waals surface area contributed by atoms with Crippen LogP contribution in [0.15, 0.2) is 36.5 Å². The van der Waals surface area contributed by atoms with Gasteiger partial charge in [-0.1, -0.05) is 18.2 Å². The van der Waals surface area contributed by atoms with Gasteiger partial charge in [0.15, 0.2) is 5.69 Å². The van der Waals surface area contributed by atoms with Crippen molar-refractivity contribution < 1.29 is 23.1 Å². The number of benzene rings is 1. The average molecular weight is 405 g/mol. The predicted octanol–water partition coefficient (Wildman–Crippen LogP) is 3.56. The quantitative estimate of drug-likeness (QED) is 0.821. The number of nitrogens with one attached hydrogen (secondary N) is 1. The summed E-state index contributed by atoms with van der Waals surface area (Å²) in [6, 6.07) is 7.78. The van der Waals surface area contributed by atoms with Gasteiger partial charge in [0.2, 0.25) is 0 Å². The molecule has 5 nitrogen and oxygen atoms in total. The number of aromatic nitrogens is 2. The topological polar surface area (TPSA) is 67.2 Å². The predicted molar refractivity (Wildman–Crippen MR) is 98.3 cm³/mol. The van der Waals surface area contributed by atoms with Gasteiger partial charge >= 0.3 is 6.18 Å². The maximum absolute atomic E-state index is 13.8. The Morgan fingerprint density at radius 1 is 1.14 bits per heavy atom. The second-order valence-corrected chi connectivity index (χ2v) is 8.85. The van der Waals surface area contributed by atoms with Gasteiger partial charge < -0.3 is 10.4 Å². The van der Waals surface area contributed by atoms with Crippen LogP contribution < -0.4 is 5.32 Å². The molecule has 29 heavy (non-hydrogen) atoms. The largest absolute Gasteiger partial charge is 0.434 e. The minimum atomic E-state index is -4.72. The lowest BCUT2D eigenvalue weighted by molar-refractivity contribution is -0.143. The van der Waals surface area contributed by atoms with Crippen LogP contribution in [-0.2, 0) is 6.18 Å². The van der Waals surface area contributed by atoms with Gasteiger partial charge in [0.05, 0.1) is 23.0 Å². The molecule has 0 aliphatic heterocycles. The van der Waals surface area contributed by atoms with E-state index in [4.69, 9.17) is 0 Å². The second kappa shape index (κ2) is 6.32. The van der Waals surface area contributed by atoms with Crippen LogP contribution in [0.2, 0.25) is 0 Å². The second-order valence-electron chi connectivity index (χ2n) is 8.85. The van der Waals surface area contributed by atoms with Crippen molar-refractivity contribution in [2.45, 2.75) is 49.9 Å². The summed E-state index contributed by atoms with van der Waals surface area (Å²) in [6.45, 7) is 0. The molecular formula is C21H22F3N3O2. The lowest BCUT2D eigenvalue weighted by atomic mass is 9.52. The molecule has 2 unspecified atom stereocenters. The van der Waals surface area contributed by atoms with Crippen LogP contribution in [0.4, 0.5) is 13.2 Å². The fourth-order valence-electron chi connectivity index (χ4n) is 6.00. The SMILES string of the molecule is O=C(NC1C2CC3CC1CC(O)(C3)C2)c1cnn(-c2ccccc2)c1C(F)(F)F. The summed E-state index contributed by atoms with van der Waals surface area (Å²) in [5.74, 6) is -0.0522. The summed E-state index contributed by atoms with van der Waals surface area (Å²) >= 11 is 0. The van der Waals surface area contributed by atoms with E-state index >= 15 is 0 Å². The van der Waals surface area contributed by atoms with E-state index < -0.39 is 28.9 Å². The molecular weight excluding hydrogens is 383 g/mol. The molecule has 0 saturated heterocycles. The van der Waals surface area contributed by atoms with E-state index in [1.54, 1.807) is 18.2 Å². The Kier molecular flexibility index (Phi) is 4.07. The van der Waals surface area contributed by atoms with Crippen molar-refractivity contribution in [1.82, 2.24) is 15.1 Å². The van der Waals surface area contributed by atoms with Gasteiger partial charge in [-0.3, -0.25) is 4.79 Å². The highest BCUT2D eigenvalue weighted by Crippen LogP contribution is 2.55. The molecule has 1 aromatic heterocycles. The number of rotatable bonds is 3. The van der Waals surface area contributed by atoms with Crippen molar-refractivity contribution in [3.05, 3.63) is 47.8 Å². The van der Waals surface area contributed by atoms with Crippen LogP contribution in [0.25, 0.3) is 5.69 Å². The van der Waals surface area contributed by atoms with Gasteiger partial charge in [-0.05, 0) is 62.0 Å². The highest BCUT2D eigenvalue weighted by atomic mass is 19.4. The van der Waals surface area contributed by atoms with Crippen LogP contribution in [-0.4, -0.2) is 32.4 Å². The van der Waals surface area contributed by atoms with E-state index in [0.717, 1.165) is 30.1 Å². The molecule has 0 radical (unpaired) electrons. The van der Waals surface area contributed by atoms with Gasteiger partial charge in [-0.2, -0.15) is 18.3 Å². The number of amides is 1. The highest BCUT2D eigenvalue weighted by Gasteiger charge is 2.55. The number of aliphatic hydroxyl groups is 1. The first-order valence-electron chi connectivity index (χ1n) is 9.97. The summed E-state index contributed by atoms with van der Waals surface area (Å²) in [5, 5.41) is 17.4. The zero-order valence-corrected chi connectivity index (χ0v) is 15.7. The minimum absolute atomic E-state index is 0.119. The average Bonchev–Trinajstić information content (AvgIpc) is 3.10. The molecule has 0 spiro atoms. The molecule has 1 heterocycles. The number of nitrogens with zero attached hydrogens (tertiary/aromatic N) is 2. The Labute approximate surface area is 165 Å². The third-order valence-electron chi connectivity index (χ3n) is 6.82. The highest BCUT2D eigenvalue weighted by molar-refractivity contribution is 5.95. The molecule has 4 bridgehead atoms. The molecule has 1 aromatic carbocycles. The van der Waals surface area contributed by atoms with E-state index in [9.17, 15) is 23.1 Å². The number of hydrogen-bond donors (Lipinski definition) is 2. The minimum Gasteiger partial charge on any atom is -0.390 e. The number of para-hydroxylation sites is 1. The number of halogens is 3. The molecule has 4 fully saturated rings. The smallest absolute Gasteiger partial charge is 0.390 e. The zero-order valence-electron chi connectivity index (χ0n) is 15.7. The van der Waals surface area contributed by atoms with Crippen LogP contribution >= 0.6 is 0 Å². The summed E-state index contributed by atoms with van der Waals surface area (Å²) in [6.07, 6.45) is 0.134. The Hall–Kier alpha value is -2.35. The van der Waals surface area contributed by atoms with E-state index in [2.05, 4.69) is 10.4 Å². The maximum atomic E-state index is 13.8. The third kappa shape index (κ3) is 3.13. The molecule has 154 valence electrons. The van der Waals surface area contributed by atoms with Crippen molar-refractivity contribution in [2.24, 2.45) is 17.8 Å². The van der Waals surface area contributed by atoms with Crippen LogP contribution in [0, 0.1) is 17.8 Å². The fraction of sp³-hybridized carbons (Fsp3) is 0.524. The Morgan fingerprint density at radius 3 is 2.38 bits per heavy atom. The van der Waals surface area contributed by atoms with Crippen molar-refractivity contribution in [1.29, 1.82) is 0 Å². The molecule has 4 aliphatic carbocycles. The number of carbonyl (C=O) groups excluding carboxylic acids is 1. The molecule has 2 atom stereocenters. The monoisotopic (exact) mass is 405 g/mol. The number of carbonyl (C=O) groups is 1. The van der Waals surface area contributed by atoms with Crippen molar-refractivity contribution >= 4 is 5.91 Å². The standard InChI is InChI=1S/C21H22F3N3O2/c22-21(23,24)18-16(11-25-27(18)15-4-2-1-3-5-15)19(28)26-17-13-6-12-7-14(17)10-20(29,8-12)9-13/h1-5,11-14,17,29H,6-10H2,(H,26,28). The maximum Gasteiger partial charge on any atom is 0.434 e. The summed E-state index contributed by atoms with van der Waals surface area (Å²) in [4.78, 5) is 12.9. The molecule has 2 aromatic rings. The lowest BCUT2D eigenvalue weighted by Gasteiger charge is -2.58. The van der Waals surface area contributed by atoms with E-state index in [1.165, 1.54) is 12.1 Å². The molecule has 4 aliphatic rings. The zero-order chi connectivity index (χ0) is 20.4. The summed E-state index contributed by atoms with van der Waals surface area (Å²) in [5.41, 5.74) is -1.94. The first-order chi connectivity index (χ1) is 13.7. The summed E-state index contributed by atoms with van der Waals surface area (Å²) < 4.78 is 42.3. The normalized spacial score (nSPS) is 33.1. The Morgan fingerprint density at radius 2 is 1.79 bits per heavy atom. The van der Waals surface area contributed by atoms with Gasteiger partial charge in [0.1, 0.15) is 0 Å². The first-order valence-corrected chi connectivity index (χ1v) is 9.97. The fourth-order valence-corrected chi connectivity index (χ4v) is 6.00. The molecule has 4 saturated carbocycles. The molecule has 6 rings (SSSR count). The van der Waals surface area contributed by atoms with Crippen molar-refractivity contribution in [2.75, 3.05) is 0 Å². The van der Waals surface area contributed by atoms with E-state index in [0.29, 0.717) is 18.8 Å². The van der Waals surface area contributed by atoms with E-state index in [1.807, 2.05) is 0 Å². The van der Waals surface area contributed by atoms with Gasteiger partial charge in [0, 0.05) is 6.04 Å². The van der Waals surface area contributed by atoms with Gasteiger partial charge in [-0.15, -0.1) is 0 Å². The van der Waals surface area contributed by atoms with Gasteiger partial charge in [0.25, 0.3) is 5.91 Å². The Balaban J connectivity index is 1.44. The molecule has 1 amide bonds. The Bertz CT molecular complexity index is 924. The lowest BCUT2D eigenvalue weighted by Crippen LogP contribution is -2.61. The van der Waals surface area contributed by atoms with Crippen LogP contribution in [0.1, 0.15) is 48.2 Å². The van der Waals surface area contributed by atoms with Crippen molar-refractivity contribution in [3.63, 3.8) is 0 Å². The number of hydrogen-bond acceptors (Lipinski definition) is 3.